The molecule has 0 aromatic heterocycles. The maximum absolute atomic E-state index is 11.8. The molecule has 1 aliphatic heterocycles. The van der Waals surface area contributed by atoms with E-state index in [0.717, 1.165) is 38.5 Å². The lowest BCUT2D eigenvalue weighted by Crippen LogP contribution is -2.50. The summed E-state index contributed by atoms with van der Waals surface area (Å²) in [6, 6.07) is 0. The molecule has 0 aliphatic carbocycles. The molecule has 0 saturated carbocycles. The minimum atomic E-state index is -0.348. The Balaban J connectivity index is 2.77. The van der Waals surface area contributed by atoms with Gasteiger partial charge in [0.25, 0.3) is 0 Å². The summed E-state index contributed by atoms with van der Waals surface area (Å²) in [7, 11) is 0. The van der Waals surface area contributed by atoms with Crippen LogP contribution < -0.4 is 5.32 Å². The average molecular weight is 301 g/mol. The first-order valence-corrected chi connectivity index (χ1v) is 8.27. The van der Waals surface area contributed by atoms with E-state index in [0.29, 0.717) is 25.5 Å². The van der Waals surface area contributed by atoms with E-state index in [-0.39, 0.29) is 24.9 Å². The van der Waals surface area contributed by atoms with Crippen LogP contribution >= 0.6 is 0 Å². The third-order valence-corrected chi connectivity index (χ3v) is 4.48. The number of ether oxygens (including phenoxy) is 2. The fraction of sp³-hybridized carbons (Fsp3) is 0.938. The molecule has 2 N–H and O–H groups in total. The molecule has 0 aromatic carbocycles. The summed E-state index contributed by atoms with van der Waals surface area (Å²) < 4.78 is 11.5. The Bertz CT molecular complexity index is 294. The zero-order valence-electron chi connectivity index (χ0n) is 13.5. The standard InChI is InChI=1S/C16H31NO4/c1-3-14(4-2)16(9-6-5-7-10-18)12-17-15(19)8-11-20-13-21-16/h14,18H,3-13H2,1-2H3,(H,17,19). The van der Waals surface area contributed by atoms with Gasteiger partial charge in [-0.2, -0.15) is 0 Å². The molecule has 0 spiro atoms. The lowest BCUT2D eigenvalue weighted by Gasteiger charge is -2.40. The van der Waals surface area contributed by atoms with E-state index < -0.39 is 0 Å². The Labute approximate surface area is 128 Å². The predicted octanol–water partition coefficient (Wildman–Crippen LogP) is 2.22. The second-order valence-corrected chi connectivity index (χ2v) is 5.81. The second-order valence-electron chi connectivity index (χ2n) is 5.81. The molecule has 1 unspecified atom stereocenters. The quantitative estimate of drug-likeness (QED) is 0.675. The highest BCUT2D eigenvalue weighted by molar-refractivity contribution is 5.76. The molecule has 1 aliphatic rings. The molecule has 1 rings (SSSR count). The van der Waals surface area contributed by atoms with Gasteiger partial charge in [0.1, 0.15) is 6.79 Å². The SMILES string of the molecule is CCC(CC)C1(CCCCCO)CNC(=O)CCOCO1. The Kier molecular flexibility index (Phi) is 8.88. The maximum Gasteiger partial charge on any atom is 0.222 e. The van der Waals surface area contributed by atoms with E-state index in [4.69, 9.17) is 14.6 Å². The zero-order chi connectivity index (χ0) is 15.6. The highest BCUT2D eigenvalue weighted by Gasteiger charge is 2.38. The summed E-state index contributed by atoms with van der Waals surface area (Å²) in [4.78, 5) is 11.8. The first-order valence-electron chi connectivity index (χ1n) is 8.27. The minimum Gasteiger partial charge on any atom is -0.396 e. The normalized spacial score (nSPS) is 24.3. The molecular formula is C16H31NO4. The lowest BCUT2D eigenvalue weighted by molar-refractivity contribution is -0.165. The van der Waals surface area contributed by atoms with Gasteiger partial charge in [-0.1, -0.05) is 39.5 Å². The van der Waals surface area contributed by atoms with E-state index in [1.54, 1.807) is 0 Å². The predicted molar refractivity (Wildman–Crippen MR) is 81.9 cm³/mol. The van der Waals surface area contributed by atoms with Gasteiger partial charge in [-0.15, -0.1) is 0 Å². The van der Waals surface area contributed by atoms with Crippen LogP contribution in [0.1, 0.15) is 58.8 Å². The van der Waals surface area contributed by atoms with Gasteiger partial charge < -0.3 is 19.9 Å². The fourth-order valence-electron chi connectivity index (χ4n) is 3.14. The Morgan fingerprint density at radius 1 is 1.29 bits per heavy atom. The number of carbonyl (C=O) groups excluding carboxylic acids is 1. The summed E-state index contributed by atoms with van der Waals surface area (Å²) in [6.07, 6.45) is 6.12. The molecule has 0 bridgehead atoms. The highest BCUT2D eigenvalue weighted by Crippen LogP contribution is 2.33. The van der Waals surface area contributed by atoms with E-state index in [1.165, 1.54) is 0 Å². The van der Waals surface area contributed by atoms with Crippen LogP contribution in [-0.4, -0.2) is 43.2 Å². The number of carbonyl (C=O) groups is 1. The van der Waals surface area contributed by atoms with E-state index in [9.17, 15) is 4.79 Å². The second kappa shape index (κ2) is 10.1. The smallest absolute Gasteiger partial charge is 0.222 e. The van der Waals surface area contributed by atoms with Crippen LogP contribution in [0.3, 0.4) is 0 Å². The molecule has 1 amide bonds. The molecular weight excluding hydrogens is 270 g/mol. The summed E-state index contributed by atoms with van der Waals surface area (Å²) in [5, 5.41) is 11.9. The van der Waals surface area contributed by atoms with Crippen molar-refractivity contribution >= 4 is 5.91 Å². The summed E-state index contributed by atoms with van der Waals surface area (Å²) in [5.41, 5.74) is -0.348. The average Bonchev–Trinajstić information content (AvgIpc) is 2.58. The summed E-state index contributed by atoms with van der Waals surface area (Å²) >= 11 is 0. The van der Waals surface area contributed by atoms with Crippen molar-refractivity contribution in [1.29, 1.82) is 0 Å². The molecule has 1 saturated heterocycles. The number of unbranched alkanes of at least 4 members (excludes halogenated alkanes) is 2. The molecule has 1 fully saturated rings. The van der Waals surface area contributed by atoms with Gasteiger partial charge in [0.2, 0.25) is 5.91 Å². The number of amides is 1. The van der Waals surface area contributed by atoms with Gasteiger partial charge in [-0.05, 0) is 18.8 Å². The Hall–Kier alpha value is -0.650. The van der Waals surface area contributed by atoms with Crippen molar-refractivity contribution in [2.24, 2.45) is 5.92 Å². The molecule has 5 heteroatoms. The van der Waals surface area contributed by atoms with Crippen molar-refractivity contribution in [2.45, 2.75) is 64.4 Å². The number of aliphatic hydroxyl groups is 1. The molecule has 21 heavy (non-hydrogen) atoms. The summed E-state index contributed by atoms with van der Waals surface area (Å²) in [5.74, 6) is 0.430. The number of hydrogen-bond donors (Lipinski definition) is 2. The van der Waals surface area contributed by atoms with E-state index in [1.807, 2.05) is 0 Å². The largest absolute Gasteiger partial charge is 0.396 e. The van der Waals surface area contributed by atoms with Crippen LogP contribution in [0.5, 0.6) is 0 Å². The van der Waals surface area contributed by atoms with Crippen molar-refractivity contribution in [3.8, 4) is 0 Å². The van der Waals surface area contributed by atoms with Crippen LogP contribution in [0.4, 0.5) is 0 Å². The molecule has 5 nitrogen and oxygen atoms in total. The first-order chi connectivity index (χ1) is 10.2. The Morgan fingerprint density at radius 3 is 2.71 bits per heavy atom. The highest BCUT2D eigenvalue weighted by atomic mass is 16.7. The van der Waals surface area contributed by atoms with Crippen molar-refractivity contribution in [2.75, 3.05) is 26.6 Å². The van der Waals surface area contributed by atoms with Crippen LogP contribution in [0, 0.1) is 5.92 Å². The third kappa shape index (κ3) is 5.93. The van der Waals surface area contributed by atoms with Gasteiger partial charge in [-0.3, -0.25) is 4.79 Å². The van der Waals surface area contributed by atoms with E-state index in [2.05, 4.69) is 19.2 Å². The van der Waals surface area contributed by atoms with Crippen molar-refractivity contribution in [1.82, 2.24) is 5.32 Å². The molecule has 1 heterocycles. The van der Waals surface area contributed by atoms with Crippen molar-refractivity contribution in [3.05, 3.63) is 0 Å². The van der Waals surface area contributed by atoms with Crippen molar-refractivity contribution in [3.63, 3.8) is 0 Å². The number of rotatable bonds is 8. The zero-order valence-corrected chi connectivity index (χ0v) is 13.5. The molecule has 0 aromatic rings. The number of aliphatic hydroxyl groups excluding tert-OH is 1. The van der Waals surface area contributed by atoms with Crippen molar-refractivity contribution < 1.29 is 19.4 Å². The number of hydrogen-bond acceptors (Lipinski definition) is 4. The van der Waals surface area contributed by atoms with E-state index >= 15 is 0 Å². The van der Waals surface area contributed by atoms with Gasteiger partial charge in [-0.25, -0.2) is 0 Å². The fourth-order valence-corrected chi connectivity index (χ4v) is 3.14. The molecule has 1 atom stereocenters. The number of nitrogens with one attached hydrogen (secondary N) is 1. The molecule has 124 valence electrons. The maximum atomic E-state index is 11.8. The van der Waals surface area contributed by atoms with Gasteiger partial charge >= 0.3 is 0 Å². The third-order valence-electron chi connectivity index (χ3n) is 4.48. The first kappa shape index (κ1) is 18.4. The van der Waals surface area contributed by atoms with Crippen LogP contribution in [0.25, 0.3) is 0 Å². The lowest BCUT2D eigenvalue weighted by atomic mass is 9.79. The monoisotopic (exact) mass is 301 g/mol. The van der Waals surface area contributed by atoms with Crippen LogP contribution in [0.15, 0.2) is 0 Å². The van der Waals surface area contributed by atoms with Crippen LogP contribution in [-0.2, 0) is 14.3 Å². The van der Waals surface area contributed by atoms with Gasteiger partial charge in [0, 0.05) is 13.2 Å². The summed E-state index contributed by atoms with van der Waals surface area (Å²) in [6.45, 7) is 5.80. The van der Waals surface area contributed by atoms with Crippen LogP contribution in [0.2, 0.25) is 0 Å². The van der Waals surface area contributed by atoms with Gasteiger partial charge in [0.15, 0.2) is 0 Å². The Morgan fingerprint density at radius 2 is 2.05 bits per heavy atom. The minimum absolute atomic E-state index is 0.0335. The van der Waals surface area contributed by atoms with Gasteiger partial charge in [0.05, 0.1) is 18.6 Å². The topological polar surface area (TPSA) is 67.8 Å². The molecule has 0 radical (unpaired) electrons.